The van der Waals surface area contributed by atoms with Crippen molar-refractivity contribution in [2.75, 3.05) is 31.1 Å². The molecule has 0 radical (unpaired) electrons. The standard InChI is InChI=1S/C24H26FN3O/c1-18-7-6-12-26-22(18)24(29)20-10-5-11-21(25)23(20)28-15-13-27(14-16-28)17-19-8-3-2-4-9-19/h2-12,24,29H,13-17H2,1H3/t24-/m0/s1. The van der Waals surface area contributed by atoms with Crippen LogP contribution in [0, 0.1) is 12.7 Å². The van der Waals surface area contributed by atoms with E-state index in [1.54, 1.807) is 18.3 Å². The zero-order chi connectivity index (χ0) is 20.2. The highest BCUT2D eigenvalue weighted by molar-refractivity contribution is 5.58. The van der Waals surface area contributed by atoms with E-state index in [1.165, 1.54) is 11.6 Å². The van der Waals surface area contributed by atoms with Crippen LogP contribution in [-0.4, -0.2) is 41.2 Å². The molecule has 1 atom stereocenters. The molecule has 0 saturated carbocycles. The molecule has 1 saturated heterocycles. The summed E-state index contributed by atoms with van der Waals surface area (Å²) in [6.45, 7) is 5.94. The van der Waals surface area contributed by atoms with Crippen molar-refractivity contribution in [2.45, 2.75) is 19.6 Å². The molecule has 1 fully saturated rings. The average molecular weight is 391 g/mol. The van der Waals surface area contributed by atoms with Gasteiger partial charge in [0.25, 0.3) is 0 Å². The number of para-hydroxylation sites is 1. The van der Waals surface area contributed by atoms with Crippen molar-refractivity contribution in [1.82, 2.24) is 9.88 Å². The van der Waals surface area contributed by atoms with Gasteiger partial charge in [0.2, 0.25) is 0 Å². The maximum absolute atomic E-state index is 14.9. The van der Waals surface area contributed by atoms with Gasteiger partial charge < -0.3 is 10.0 Å². The van der Waals surface area contributed by atoms with Gasteiger partial charge in [-0.15, -0.1) is 0 Å². The minimum absolute atomic E-state index is 0.299. The van der Waals surface area contributed by atoms with Gasteiger partial charge in [0.15, 0.2) is 0 Å². The fourth-order valence-electron chi connectivity index (χ4n) is 3.99. The van der Waals surface area contributed by atoms with Crippen LogP contribution in [0.15, 0.2) is 66.9 Å². The molecule has 4 rings (SSSR count). The number of aliphatic hydroxyl groups excluding tert-OH is 1. The van der Waals surface area contributed by atoms with Gasteiger partial charge >= 0.3 is 0 Å². The smallest absolute Gasteiger partial charge is 0.146 e. The molecule has 0 bridgehead atoms. The van der Waals surface area contributed by atoms with E-state index in [2.05, 4.69) is 34.1 Å². The fraction of sp³-hybridized carbons (Fsp3) is 0.292. The van der Waals surface area contributed by atoms with Gasteiger partial charge in [0, 0.05) is 44.5 Å². The van der Waals surface area contributed by atoms with Crippen molar-refractivity contribution in [3.05, 3.63) is 95.1 Å². The number of halogens is 1. The highest BCUT2D eigenvalue weighted by atomic mass is 19.1. The van der Waals surface area contributed by atoms with Gasteiger partial charge in [-0.3, -0.25) is 9.88 Å². The van der Waals surface area contributed by atoms with Crippen LogP contribution in [0.3, 0.4) is 0 Å². The maximum atomic E-state index is 14.9. The van der Waals surface area contributed by atoms with Gasteiger partial charge in [-0.2, -0.15) is 0 Å². The molecule has 3 aromatic rings. The summed E-state index contributed by atoms with van der Waals surface area (Å²) in [5, 5.41) is 11.0. The Balaban J connectivity index is 1.53. The van der Waals surface area contributed by atoms with Crippen LogP contribution < -0.4 is 4.90 Å². The first-order valence-corrected chi connectivity index (χ1v) is 10.0. The molecular weight excluding hydrogens is 365 g/mol. The molecule has 2 heterocycles. The van der Waals surface area contributed by atoms with Crippen LogP contribution in [0.1, 0.15) is 28.5 Å². The van der Waals surface area contributed by atoms with Crippen LogP contribution in [0.5, 0.6) is 0 Å². The predicted molar refractivity (Wildman–Crippen MR) is 113 cm³/mol. The van der Waals surface area contributed by atoms with Crippen LogP contribution in [0.25, 0.3) is 0 Å². The summed E-state index contributed by atoms with van der Waals surface area (Å²) < 4.78 is 14.9. The predicted octanol–water partition coefficient (Wildman–Crippen LogP) is 3.93. The third kappa shape index (κ3) is 4.31. The van der Waals surface area contributed by atoms with E-state index in [0.717, 1.165) is 25.2 Å². The molecule has 0 aliphatic carbocycles. The Kier molecular flexibility index (Phi) is 5.88. The summed E-state index contributed by atoms with van der Waals surface area (Å²) in [5.41, 5.74) is 3.81. The first-order chi connectivity index (χ1) is 14.1. The lowest BCUT2D eigenvalue weighted by Crippen LogP contribution is -2.46. The number of nitrogens with zero attached hydrogens (tertiary/aromatic N) is 3. The lowest BCUT2D eigenvalue weighted by Gasteiger charge is -2.37. The van der Waals surface area contributed by atoms with E-state index in [1.807, 2.05) is 30.0 Å². The number of aliphatic hydroxyl groups is 1. The number of hydrogen-bond acceptors (Lipinski definition) is 4. The number of pyridine rings is 1. The number of rotatable bonds is 5. The van der Waals surface area contributed by atoms with E-state index in [9.17, 15) is 9.50 Å². The second kappa shape index (κ2) is 8.72. The van der Waals surface area contributed by atoms with Crippen molar-refractivity contribution in [3.8, 4) is 0 Å². The molecule has 2 aromatic carbocycles. The summed E-state index contributed by atoms with van der Waals surface area (Å²) >= 11 is 0. The number of benzene rings is 2. The fourth-order valence-corrected chi connectivity index (χ4v) is 3.99. The molecule has 0 spiro atoms. The van der Waals surface area contributed by atoms with Crippen molar-refractivity contribution >= 4 is 5.69 Å². The monoisotopic (exact) mass is 391 g/mol. The number of anilines is 1. The summed E-state index contributed by atoms with van der Waals surface area (Å²) in [4.78, 5) is 8.76. The van der Waals surface area contributed by atoms with E-state index in [4.69, 9.17) is 0 Å². The second-order valence-electron chi connectivity index (χ2n) is 7.53. The highest BCUT2D eigenvalue weighted by Gasteiger charge is 2.26. The normalized spacial score (nSPS) is 16.0. The SMILES string of the molecule is Cc1cccnc1[C@@H](O)c1cccc(F)c1N1CCN(Cc2ccccc2)CC1. The van der Waals surface area contributed by atoms with Crippen molar-refractivity contribution in [2.24, 2.45) is 0 Å². The first-order valence-electron chi connectivity index (χ1n) is 10.0. The lowest BCUT2D eigenvalue weighted by atomic mass is 9.99. The second-order valence-corrected chi connectivity index (χ2v) is 7.53. The van der Waals surface area contributed by atoms with Gasteiger partial charge in [-0.05, 0) is 30.2 Å². The Morgan fingerprint density at radius 2 is 1.72 bits per heavy atom. The Hall–Kier alpha value is -2.76. The summed E-state index contributed by atoms with van der Waals surface area (Å²) in [6.07, 6.45) is 0.705. The molecule has 0 amide bonds. The molecule has 1 aromatic heterocycles. The van der Waals surface area contributed by atoms with Crippen molar-refractivity contribution in [3.63, 3.8) is 0 Å². The maximum Gasteiger partial charge on any atom is 0.146 e. The molecule has 5 heteroatoms. The number of hydrogen-bond donors (Lipinski definition) is 1. The Morgan fingerprint density at radius 1 is 0.966 bits per heavy atom. The summed E-state index contributed by atoms with van der Waals surface area (Å²) in [5.74, 6) is -0.299. The molecule has 4 nitrogen and oxygen atoms in total. The molecule has 1 aliphatic heterocycles. The van der Waals surface area contributed by atoms with Crippen LogP contribution in [-0.2, 0) is 6.54 Å². The van der Waals surface area contributed by atoms with Gasteiger partial charge in [0.1, 0.15) is 11.9 Å². The summed E-state index contributed by atoms with van der Waals surface area (Å²) in [6, 6.07) is 19.1. The Bertz CT molecular complexity index is 955. The minimum Gasteiger partial charge on any atom is -0.382 e. The average Bonchev–Trinajstić information content (AvgIpc) is 2.75. The molecule has 29 heavy (non-hydrogen) atoms. The van der Waals surface area contributed by atoms with Gasteiger partial charge in [0.05, 0.1) is 11.4 Å². The van der Waals surface area contributed by atoms with E-state index in [-0.39, 0.29) is 5.82 Å². The Labute approximate surface area is 171 Å². The van der Waals surface area contributed by atoms with E-state index >= 15 is 0 Å². The molecule has 1 N–H and O–H groups in total. The number of aryl methyl sites for hydroxylation is 1. The van der Waals surface area contributed by atoms with Crippen LogP contribution in [0.4, 0.5) is 10.1 Å². The van der Waals surface area contributed by atoms with Crippen LogP contribution in [0.2, 0.25) is 0 Å². The largest absolute Gasteiger partial charge is 0.382 e. The van der Waals surface area contributed by atoms with Crippen LogP contribution >= 0.6 is 0 Å². The highest BCUT2D eigenvalue weighted by Crippen LogP contribution is 2.34. The molecule has 150 valence electrons. The molecule has 1 aliphatic rings. The van der Waals surface area contributed by atoms with Crippen molar-refractivity contribution in [1.29, 1.82) is 0 Å². The zero-order valence-electron chi connectivity index (χ0n) is 16.6. The van der Waals surface area contributed by atoms with Crippen molar-refractivity contribution < 1.29 is 9.50 Å². The first kappa shape index (κ1) is 19.6. The van der Waals surface area contributed by atoms with Gasteiger partial charge in [-0.1, -0.05) is 48.5 Å². The number of piperazine rings is 1. The van der Waals surface area contributed by atoms with E-state index < -0.39 is 6.10 Å². The topological polar surface area (TPSA) is 39.6 Å². The molecular formula is C24H26FN3O. The third-order valence-corrected chi connectivity index (χ3v) is 5.56. The summed E-state index contributed by atoms with van der Waals surface area (Å²) in [7, 11) is 0. The molecule has 0 unspecified atom stereocenters. The quantitative estimate of drug-likeness (QED) is 0.715. The van der Waals surface area contributed by atoms with Gasteiger partial charge in [-0.25, -0.2) is 4.39 Å². The minimum atomic E-state index is -0.954. The zero-order valence-corrected chi connectivity index (χ0v) is 16.6. The Morgan fingerprint density at radius 3 is 2.45 bits per heavy atom. The third-order valence-electron chi connectivity index (χ3n) is 5.56. The van der Waals surface area contributed by atoms with E-state index in [0.29, 0.717) is 30.0 Å². The lowest BCUT2D eigenvalue weighted by molar-refractivity contribution is 0.213. The number of aromatic nitrogens is 1.